The number of ketones is 1. The number of allylic oxidation sites excluding steroid dienone is 1. The van der Waals surface area contributed by atoms with Crippen molar-refractivity contribution in [3.8, 4) is 0 Å². The molecule has 0 aliphatic heterocycles. The molecule has 4 rings (SSSR count). The van der Waals surface area contributed by atoms with Crippen molar-refractivity contribution in [3.05, 3.63) is 48.9 Å². The molecule has 0 spiro atoms. The predicted octanol–water partition coefficient (Wildman–Crippen LogP) is 2.73. The number of rotatable bonds is 8. The van der Waals surface area contributed by atoms with Gasteiger partial charge in [-0.25, -0.2) is 14.6 Å². The maximum Gasteiger partial charge on any atom is 0.302 e. The van der Waals surface area contributed by atoms with Crippen molar-refractivity contribution in [2.75, 3.05) is 11.1 Å². The largest absolute Gasteiger partial charge is 0.423 e. The van der Waals surface area contributed by atoms with E-state index in [0.29, 0.717) is 47.9 Å². The van der Waals surface area contributed by atoms with Gasteiger partial charge in [0.05, 0.1) is 5.39 Å². The number of carbonyl (C=O) groups is 2. The number of fused-ring (bicyclic) bond motifs is 2. The van der Waals surface area contributed by atoms with Gasteiger partial charge in [-0.2, -0.15) is 10.1 Å². The highest BCUT2D eigenvalue weighted by molar-refractivity contribution is 6.12. The number of para-hydroxylation sites is 2. The second-order valence-electron chi connectivity index (χ2n) is 6.60. The van der Waals surface area contributed by atoms with Crippen LogP contribution < -0.4 is 11.1 Å². The van der Waals surface area contributed by atoms with Crippen molar-refractivity contribution in [3.63, 3.8) is 0 Å². The molecular formula is C20H19N7O3. The number of benzene rings is 1. The molecule has 0 unspecified atom stereocenters. The van der Waals surface area contributed by atoms with Crippen LogP contribution in [-0.2, 0) is 11.3 Å². The van der Waals surface area contributed by atoms with Crippen LogP contribution in [0.25, 0.3) is 22.1 Å². The van der Waals surface area contributed by atoms with Gasteiger partial charge in [0.1, 0.15) is 17.7 Å². The summed E-state index contributed by atoms with van der Waals surface area (Å²) in [5, 5.41) is 7.35. The Morgan fingerprint density at radius 2 is 2.07 bits per heavy atom. The zero-order chi connectivity index (χ0) is 21.1. The number of aryl methyl sites for hydroxylation is 1. The minimum Gasteiger partial charge on any atom is -0.423 e. The van der Waals surface area contributed by atoms with E-state index in [1.807, 2.05) is 12.1 Å². The lowest BCUT2D eigenvalue weighted by Gasteiger charge is -2.02. The van der Waals surface area contributed by atoms with Crippen molar-refractivity contribution < 1.29 is 14.0 Å². The molecule has 0 saturated heterocycles. The Labute approximate surface area is 170 Å². The van der Waals surface area contributed by atoms with Crippen molar-refractivity contribution in [1.82, 2.24) is 24.7 Å². The van der Waals surface area contributed by atoms with Gasteiger partial charge in [-0.1, -0.05) is 18.7 Å². The number of nitrogen functional groups attached to an aromatic ring is 1. The number of aromatic nitrogens is 5. The van der Waals surface area contributed by atoms with E-state index in [-0.39, 0.29) is 23.3 Å². The fourth-order valence-corrected chi connectivity index (χ4v) is 3.09. The Morgan fingerprint density at radius 3 is 2.87 bits per heavy atom. The lowest BCUT2D eigenvalue weighted by molar-refractivity contribution is -0.114. The highest BCUT2D eigenvalue weighted by atomic mass is 16.4. The monoisotopic (exact) mass is 405 g/mol. The number of hydrogen-bond donors (Lipinski definition) is 2. The standard InChI is InChI=1S/C20H19N7O3/c1-2-12(28)7-5-6-10-27-18-15(17(21)22-11-23-18)16(26-27)19(29)25-20-24-13-8-3-4-9-14(13)30-20/h2-4,8-9,11H,1,5-7,10H2,(H2,21,22,23)(H,24,25,29). The van der Waals surface area contributed by atoms with Crippen molar-refractivity contribution in [2.24, 2.45) is 0 Å². The quantitative estimate of drug-likeness (QED) is 0.336. The molecule has 10 nitrogen and oxygen atoms in total. The molecule has 4 aromatic rings. The topological polar surface area (TPSA) is 142 Å². The van der Waals surface area contributed by atoms with Crippen molar-refractivity contribution in [1.29, 1.82) is 0 Å². The van der Waals surface area contributed by atoms with Crippen molar-refractivity contribution in [2.45, 2.75) is 25.8 Å². The molecule has 1 aromatic carbocycles. The van der Waals surface area contributed by atoms with Gasteiger partial charge in [-0.3, -0.25) is 14.9 Å². The first kappa shape index (κ1) is 19.2. The summed E-state index contributed by atoms with van der Waals surface area (Å²) in [4.78, 5) is 36.7. The minimum absolute atomic E-state index is 0.00899. The summed E-state index contributed by atoms with van der Waals surface area (Å²) in [6.07, 6.45) is 4.37. The molecule has 0 atom stereocenters. The molecule has 3 aromatic heterocycles. The Bertz CT molecular complexity index is 1220. The summed E-state index contributed by atoms with van der Waals surface area (Å²) in [5.41, 5.74) is 7.70. The van der Waals surface area contributed by atoms with Gasteiger partial charge < -0.3 is 10.2 Å². The van der Waals surface area contributed by atoms with Gasteiger partial charge in [0, 0.05) is 13.0 Å². The Kier molecular flexibility index (Phi) is 5.21. The molecule has 0 bridgehead atoms. The van der Waals surface area contributed by atoms with E-state index in [0.717, 1.165) is 0 Å². The Hall–Kier alpha value is -4.08. The molecule has 3 N–H and O–H groups in total. The van der Waals surface area contributed by atoms with Crippen LogP contribution in [0.1, 0.15) is 29.8 Å². The number of hydrogen-bond acceptors (Lipinski definition) is 8. The molecule has 10 heteroatoms. The highest BCUT2D eigenvalue weighted by Crippen LogP contribution is 2.24. The summed E-state index contributed by atoms with van der Waals surface area (Å²) in [7, 11) is 0. The summed E-state index contributed by atoms with van der Waals surface area (Å²) < 4.78 is 7.13. The summed E-state index contributed by atoms with van der Waals surface area (Å²) in [6, 6.07) is 7.23. The average Bonchev–Trinajstić information content (AvgIpc) is 3.32. The van der Waals surface area contributed by atoms with Gasteiger partial charge in [0.15, 0.2) is 22.7 Å². The molecule has 0 radical (unpaired) electrons. The molecule has 0 aliphatic carbocycles. The molecule has 0 aliphatic rings. The summed E-state index contributed by atoms with van der Waals surface area (Å²) in [6.45, 7) is 3.93. The van der Waals surface area contributed by atoms with Gasteiger partial charge in [-0.05, 0) is 31.1 Å². The molecule has 0 saturated carbocycles. The highest BCUT2D eigenvalue weighted by Gasteiger charge is 2.22. The van der Waals surface area contributed by atoms with E-state index in [9.17, 15) is 9.59 Å². The number of amides is 1. The number of nitrogens with zero attached hydrogens (tertiary/aromatic N) is 5. The first-order valence-corrected chi connectivity index (χ1v) is 9.36. The SMILES string of the molecule is C=CC(=O)CCCCn1nc(C(=O)Nc2nc3ccccc3o2)c2c(N)ncnc21. The average molecular weight is 405 g/mol. The van der Waals surface area contributed by atoms with Crippen LogP contribution in [0.2, 0.25) is 0 Å². The second-order valence-corrected chi connectivity index (χ2v) is 6.60. The van der Waals surface area contributed by atoms with Crippen LogP contribution in [0.15, 0.2) is 47.7 Å². The van der Waals surface area contributed by atoms with Crippen LogP contribution in [-0.4, -0.2) is 36.4 Å². The smallest absolute Gasteiger partial charge is 0.302 e. The minimum atomic E-state index is -0.534. The molecule has 3 heterocycles. The van der Waals surface area contributed by atoms with Crippen LogP contribution in [0.3, 0.4) is 0 Å². The van der Waals surface area contributed by atoms with Crippen LogP contribution in [0, 0.1) is 0 Å². The van der Waals surface area contributed by atoms with E-state index in [1.54, 1.807) is 16.8 Å². The zero-order valence-corrected chi connectivity index (χ0v) is 16.0. The van der Waals surface area contributed by atoms with E-state index in [1.165, 1.54) is 12.4 Å². The molecule has 152 valence electrons. The predicted molar refractivity (Wildman–Crippen MR) is 111 cm³/mol. The molecule has 30 heavy (non-hydrogen) atoms. The van der Waals surface area contributed by atoms with Gasteiger partial charge in [0.2, 0.25) is 0 Å². The fourth-order valence-electron chi connectivity index (χ4n) is 3.09. The van der Waals surface area contributed by atoms with Crippen LogP contribution in [0.4, 0.5) is 11.8 Å². The third-order valence-electron chi connectivity index (χ3n) is 4.56. The van der Waals surface area contributed by atoms with Gasteiger partial charge in [0.25, 0.3) is 5.91 Å². The lowest BCUT2D eigenvalue weighted by atomic mass is 10.2. The van der Waals surface area contributed by atoms with Crippen LogP contribution >= 0.6 is 0 Å². The van der Waals surface area contributed by atoms with Gasteiger partial charge >= 0.3 is 6.01 Å². The Morgan fingerprint density at radius 1 is 1.23 bits per heavy atom. The summed E-state index contributed by atoms with van der Waals surface area (Å²) >= 11 is 0. The number of nitrogens with one attached hydrogen (secondary N) is 1. The van der Waals surface area contributed by atoms with E-state index in [4.69, 9.17) is 10.2 Å². The van der Waals surface area contributed by atoms with Crippen LogP contribution in [0.5, 0.6) is 0 Å². The van der Waals surface area contributed by atoms with Crippen molar-refractivity contribution >= 4 is 45.7 Å². The normalized spacial score (nSPS) is 11.1. The number of unbranched alkanes of at least 4 members (excludes halogenated alkanes) is 1. The molecule has 0 fully saturated rings. The van der Waals surface area contributed by atoms with E-state index >= 15 is 0 Å². The second kappa shape index (κ2) is 8.11. The number of carbonyl (C=O) groups excluding carboxylic acids is 2. The zero-order valence-electron chi connectivity index (χ0n) is 16.0. The third kappa shape index (κ3) is 3.75. The first-order valence-electron chi connectivity index (χ1n) is 9.36. The maximum absolute atomic E-state index is 12.9. The Balaban J connectivity index is 1.58. The fraction of sp³-hybridized carbons (Fsp3) is 0.200. The number of anilines is 2. The number of nitrogens with two attached hydrogens (primary N) is 1. The summed E-state index contributed by atoms with van der Waals surface area (Å²) in [5.74, 6) is -0.394. The first-order chi connectivity index (χ1) is 14.6. The number of oxazole rings is 1. The van der Waals surface area contributed by atoms with E-state index in [2.05, 4.69) is 31.9 Å². The third-order valence-corrected chi connectivity index (χ3v) is 4.56. The molecule has 1 amide bonds. The van der Waals surface area contributed by atoms with Gasteiger partial charge in [-0.15, -0.1) is 0 Å². The van der Waals surface area contributed by atoms with E-state index < -0.39 is 5.91 Å². The lowest BCUT2D eigenvalue weighted by Crippen LogP contribution is -2.14. The molecular weight excluding hydrogens is 386 g/mol. The maximum atomic E-state index is 12.9.